The van der Waals surface area contributed by atoms with Gasteiger partial charge in [0.25, 0.3) is 0 Å². The number of carbonyl (C=O) groups excluding carboxylic acids is 1. The van der Waals surface area contributed by atoms with E-state index in [4.69, 9.17) is 14.3 Å². The number of hydrogen-bond donors (Lipinski definition) is 1. The second-order valence-electron chi connectivity index (χ2n) is 6.03. The maximum atomic E-state index is 12.4. The summed E-state index contributed by atoms with van der Waals surface area (Å²) >= 11 is 0. The van der Waals surface area contributed by atoms with Crippen LogP contribution in [-0.2, 0) is 11.3 Å². The number of carbonyl (C=O) groups is 2. The molecule has 1 heterocycles. The minimum atomic E-state index is -1.03. The van der Waals surface area contributed by atoms with Gasteiger partial charge in [-0.3, -0.25) is 4.79 Å². The molecule has 0 aliphatic carbocycles. The normalized spacial score (nSPS) is 11.8. The summed E-state index contributed by atoms with van der Waals surface area (Å²) in [6, 6.07) is 10.9. The van der Waals surface area contributed by atoms with Gasteiger partial charge in [0.15, 0.2) is 0 Å². The van der Waals surface area contributed by atoms with E-state index in [9.17, 15) is 9.59 Å². The van der Waals surface area contributed by atoms with Crippen LogP contribution in [0.5, 0.6) is 5.75 Å². The van der Waals surface area contributed by atoms with Gasteiger partial charge in [-0.1, -0.05) is 25.1 Å². The van der Waals surface area contributed by atoms with Crippen LogP contribution < -0.4 is 4.74 Å². The van der Waals surface area contributed by atoms with Crippen molar-refractivity contribution in [2.24, 2.45) is 5.92 Å². The maximum Gasteiger partial charge on any atom is 0.339 e. The summed E-state index contributed by atoms with van der Waals surface area (Å²) in [6.07, 6.45) is 0.593. The Morgan fingerprint density at radius 2 is 1.96 bits per heavy atom. The van der Waals surface area contributed by atoms with Crippen molar-refractivity contribution in [2.75, 3.05) is 13.7 Å². The van der Waals surface area contributed by atoms with E-state index >= 15 is 0 Å². The molecule has 0 radical (unpaired) electrons. The minimum absolute atomic E-state index is 0.0393. The molecule has 1 unspecified atom stereocenters. The number of hydrogen-bond acceptors (Lipinski definition) is 4. The Morgan fingerprint density at radius 1 is 1.28 bits per heavy atom. The van der Waals surface area contributed by atoms with Crippen LogP contribution in [0, 0.1) is 12.8 Å². The highest BCUT2D eigenvalue weighted by molar-refractivity contribution is 5.88. The number of aromatic carboxylic acids is 1. The van der Waals surface area contributed by atoms with Crippen molar-refractivity contribution in [3.63, 3.8) is 0 Å². The molecule has 0 saturated carbocycles. The maximum absolute atomic E-state index is 12.4. The van der Waals surface area contributed by atoms with Crippen molar-refractivity contribution in [1.29, 1.82) is 0 Å². The van der Waals surface area contributed by atoms with Crippen LogP contribution in [0.15, 0.2) is 40.8 Å². The van der Waals surface area contributed by atoms with Crippen molar-refractivity contribution in [3.8, 4) is 5.75 Å². The number of amides is 1. The Morgan fingerprint density at radius 3 is 2.56 bits per heavy atom. The summed E-state index contributed by atoms with van der Waals surface area (Å²) in [4.78, 5) is 25.0. The quantitative estimate of drug-likeness (QED) is 0.793. The molecule has 0 bridgehead atoms. The summed E-state index contributed by atoms with van der Waals surface area (Å²) < 4.78 is 11.0. The predicted octanol–water partition coefficient (Wildman–Crippen LogP) is 3.35. The summed E-state index contributed by atoms with van der Waals surface area (Å²) in [5.74, 6) is 0.299. The molecule has 1 N–H and O–H groups in total. The SMILES string of the molecule is Cc1oc(CN(C)C(=O)C(C)CCOc2ccccc2)cc1C(=O)O. The smallest absolute Gasteiger partial charge is 0.339 e. The van der Waals surface area contributed by atoms with Gasteiger partial charge < -0.3 is 19.2 Å². The fraction of sp³-hybridized carbons (Fsp3) is 0.368. The predicted molar refractivity (Wildman–Crippen MR) is 92.6 cm³/mol. The molecule has 1 amide bonds. The van der Waals surface area contributed by atoms with Gasteiger partial charge in [-0.15, -0.1) is 0 Å². The molecular formula is C19H23NO5. The van der Waals surface area contributed by atoms with Gasteiger partial charge in [-0.25, -0.2) is 4.79 Å². The first-order chi connectivity index (χ1) is 11.9. The highest BCUT2D eigenvalue weighted by Gasteiger charge is 2.20. The van der Waals surface area contributed by atoms with Crippen molar-refractivity contribution in [1.82, 2.24) is 4.90 Å². The van der Waals surface area contributed by atoms with Crippen LogP contribution in [-0.4, -0.2) is 35.5 Å². The monoisotopic (exact) mass is 345 g/mol. The van der Waals surface area contributed by atoms with E-state index < -0.39 is 5.97 Å². The second-order valence-corrected chi connectivity index (χ2v) is 6.03. The molecule has 0 spiro atoms. The summed E-state index contributed by atoms with van der Waals surface area (Å²) in [5, 5.41) is 9.05. The van der Waals surface area contributed by atoms with Crippen molar-refractivity contribution >= 4 is 11.9 Å². The molecule has 1 aromatic carbocycles. The van der Waals surface area contributed by atoms with Crippen molar-refractivity contribution < 1.29 is 23.8 Å². The lowest BCUT2D eigenvalue weighted by Gasteiger charge is -2.20. The summed E-state index contributed by atoms with van der Waals surface area (Å²) in [6.45, 7) is 4.13. The van der Waals surface area contributed by atoms with Crippen molar-refractivity contribution in [3.05, 3.63) is 53.5 Å². The first kappa shape index (κ1) is 18.6. The molecule has 0 aliphatic heterocycles. The van der Waals surface area contributed by atoms with Gasteiger partial charge in [0, 0.05) is 13.0 Å². The van der Waals surface area contributed by atoms with Crippen LogP contribution in [0.25, 0.3) is 0 Å². The molecule has 6 heteroatoms. The molecule has 134 valence electrons. The lowest BCUT2D eigenvalue weighted by atomic mass is 10.1. The molecule has 2 aromatic rings. The van der Waals surface area contributed by atoms with Crippen LogP contribution in [0.4, 0.5) is 0 Å². The highest BCUT2D eigenvalue weighted by atomic mass is 16.5. The minimum Gasteiger partial charge on any atom is -0.494 e. The van der Waals surface area contributed by atoms with Gasteiger partial charge in [-0.2, -0.15) is 0 Å². The first-order valence-corrected chi connectivity index (χ1v) is 8.14. The molecule has 2 rings (SSSR count). The zero-order chi connectivity index (χ0) is 18.4. The van der Waals surface area contributed by atoms with E-state index in [1.165, 1.54) is 11.0 Å². The zero-order valence-electron chi connectivity index (χ0n) is 14.7. The molecule has 0 fully saturated rings. The molecule has 6 nitrogen and oxygen atoms in total. The van der Waals surface area contributed by atoms with Gasteiger partial charge in [-0.05, 0) is 31.5 Å². The number of nitrogens with zero attached hydrogens (tertiary/aromatic N) is 1. The van der Waals surface area contributed by atoms with Gasteiger partial charge >= 0.3 is 5.97 Å². The fourth-order valence-electron chi connectivity index (χ4n) is 2.52. The Hall–Kier alpha value is -2.76. The fourth-order valence-corrected chi connectivity index (χ4v) is 2.52. The number of rotatable bonds is 8. The van der Waals surface area contributed by atoms with Crippen LogP contribution in [0.3, 0.4) is 0 Å². The van der Waals surface area contributed by atoms with Crippen LogP contribution in [0.1, 0.15) is 35.2 Å². The number of carboxylic acid groups (broad SMARTS) is 1. The number of aryl methyl sites for hydroxylation is 1. The first-order valence-electron chi connectivity index (χ1n) is 8.14. The molecule has 0 aliphatic rings. The standard InChI is InChI=1S/C19H23NO5/c1-13(9-10-24-15-7-5-4-6-8-15)18(21)20(3)12-16-11-17(19(22)23)14(2)25-16/h4-8,11,13H,9-10,12H2,1-3H3,(H,22,23). The average Bonchev–Trinajstić information content (AvgIpc) is 2.95. The second kappa shape index (κ2) is 8.37. The third kappa shape index (κ3) is 5.11. The molecule has 0 saturated heterocycles. The molecule has 25 heavy (non-hydrogen) atoms. The molecule has 1 aromatic heterocycles. The third-order valence-corrected chi connectivity index (χ3v) is 3.95. The number of furan rings is 1. The largest absolute Gasteiger partial charge is 0.494 e. The summed E-state index contributed by atoms with van der Waals surface area (Å²) in [5.41, 5.74) is 0.125. The highest BCUT2D eigenvalue weighted by Crippen LogP contribution is 2.17. The number of ether oxygens (including phenoxy) is 1. The number of benzene rings is 1. The van der Waals surface area contributed by atoms with Crippen molar-refractivity contribution in [2.45, 2.75) is 26.8 Å². The van der Waals surface area contributed by atoms with E-state index in [0.29, 0.717) is 24.5 Å². The van der Waals surface area contributed by atoms with E-state index in [1.54, 1.807) is 14.0 Å². The van der Waals surface area contributed by atoms with E-state index in [0.717, 1.165) is 5.75 Å². The number of para-hydroxylation sites is 1. The lowest BCUT2D eigenvalue weighted by molar-refractivity contribution is -0.134. The van der Waals surface area contributed by atoms with Gasteiger partial charge in [0.05, 0.1) is 13.2 Å². The van der Waals surface area contributed by atoms with E-state index in [1.807, 2.05) is 37.3 Å². The van der Waals surface area contributed by atoms with Crippen LogP contribution in [0.2, 0.25) is 0 Å². The van der Waals surface area contributed by atoms with E-state index in [-0.39, 0.29) is 23.9 Å². The number of carboxylic acids is 1. The van der Waals surface area contributed by atoms with Crippen LogP contribution >= 0.6 is 0 Å². The third-order valence-electron chi connectivity index (χ3n) is 3.95. The lowest BCUT2D eigenvalue weighted by Crippen LogP contribution is -2.31. The Bertz CT molecular complexity index is 723. The topological polar surface area (TPSA) is 80.0 Å². The van der Waals surface area contributed by atoms with Gasteiger partial charge in [0.1, 0.15) is 22.8 Å². The Kier molecular flexibility index (Phi) is 6.22. The average molecular weight is 345 g/mol. The molecule has 1 atom stereocenters. The Balaban J connectivity index is 1.84. The van der Waals surface area contributed by atoms with E-state index in [2.05, 4.69) is 0 Å². The molecular weight excluding hydrogens is 322 g/mol. The Labute approximate surface area is 147 Å². The summed E-state index contributed by atoms with van der Waals surface area (Å²) in [7, 11) is 1.68. The van der Waals surface area contributed by atoms with Gasteiger partial charge in [0.2, 0.25) is 5.91 Å². The zero-order valence-corrected chi connectivity index (χ0v) is 14.7.